The van der Waals surface area contributed by atoms with Crippen LogP contribution in [0.15, 0.2) is 85.5 Å². The average molecular weight is 469 g/mol. The maximum absolute atomic E-state index is 12.0. The molecule has 7 nitrogen and oxygen atoms in total. The highest BCUT2D eigenvalue weighted by molar-refractivity contribution is 5.93. The molecule has 1 atom stereocenters. The van der Waals surface area contributed by atoms with E-state index in [4.69, 9.17) is 9.47 Å². The van der Waals surface area contributed by atoms with Gasteiger partial charge in [0.15, 0.2) is 0 Å². The minimum absolute atomic E-state index is 0.182. The monoisotopic (exact) mass is 468 g/mol. The van der Waals surface area contributed by atoms with Crippen LogP contribution in [0.3, 0.4) is 0 Å². The van der Waals surface area contributed by atoms with E-state index in [-0.39, 0.29) is 6.61 Å². The van der Waals surface area contributed by atoms with E-state index >= 15 is 0 Å². The third kappa shape index (κ3) is 5.94. The van der Waals surface area contributed by atoms with Gasteiger partial charge in [-0.25, -0.2) is 4.79 Å². The first-order valence-electron chi connectivity index (χ1n) is 11.9. The van der Waals surface area contributed by atoms with Crippen LogP contribution in [0.2, 0.25) is 0 Å². The number of carbonyl (C=O) groups is 1. The Morgan fingerprint density at radius 1 is 1.00 bits per heavy atom. The largest absolute Gasteiger partial charge is 0.490 e. The van der Waals surface area contributed by atoms with Crippen LogP contribution in [-0.2, 0) is 11.3 Å². The molecular formula is C28H28N4O3. The van der Waals surface area contributed by atoms with Crippen molar-refractivity contribution in [1.29, 1.82) is 0 Å². The topological polar surface area (TPSA) is 76.6 Å². The lowest BCUT2D eigenvalue weighted by atomic mass is 10.1. The maximum Gasteiger partial charge on any atom is 0.339 e. The number of anilines is 1. The third-order valence-electron chi connectivity index (χ3n) is 6.10. The molecule has 3 heterocycles. The van der Waals surface area contributed by atoms with E-state index in [2.05, 4.69) is 56.6 Å². The van der Waals surface area contributed by atoms with E-state index in [9.17, 15) is 4.79 Å². The molecule has 178 valence electrons. The summed E-state index contributed by atoms with van der Waals surface area (Å²) in [5.41, 5.74) is 2.80. The predicted octanol–water partition coefficient (Wildman–Crippen LogP) is 4.55. The molecule has 5 rings (SSSR count). The number of hydrogen-bond donors (Lipinski definition) is 1. The number of carbonyl (C=O) groups excluding carboxylic acids is 1. The zero-order valence-electron chi connectivity index (χ0n) is 19.5. The summed E-state index contributed by atoms with van der Waals surface area (Å²) in [7, 11) is 0. The summed E-state index contributed by atoms with van der Waals surface area (Å²) >= 11 is 0. The molecule has 1 aliphatic rings. The van der Waals surface area contributed by atoms with E-state index in [0.717, 1.165) is 42.9 Å². The number of rotatable bonds is 9. The maximum atomic E-state index is 12.0. The van der Waals surface area contributed by atoms with Gasteiger partial charge in [-0.05, 0) is 48.4 Å². The van der Waals surface area contributed by atoms with Crippen LogP contribution in [0.1, 0.15) is 22.3 Å². The van der Waals surface area contributed by atoms with E-state index in [1.165, 1.54) is 17.1 Å². The van der Waals surface area contributed by atoms with Gasteiger partial charge in [0, 0.05) is 66.9 Å². The Bertz CT molecular complexity index is 1280. The van der Waals surface area contributed by atoms with Gasteiger partial charge in [-0.2, -0.15) is 0 Å². The van der Waals surface area contributed by atoms with Gasteiger partial charge in [0.25, 0.3) is 0 Å². The number of nitrogens with one attached hydrogen (secondary N) is 1. The Morgan fingerprint density at radius 3 is 2.83 bits per heavy atom. The molecule has 1 aliphatic heterocycles. The van der Waals surface area contributed by atoms with Crippen molar-refractivity contribution in [2.75, 3.05) is 31.6 Å². The molecule has 2 aromatic heterocycles. The van der Waals surface area contributed by atoms with E-state index < -0.39 is 5.97 Å². The second-order valence-corrected chi connectivity index (χ2v) is 8.64. The van der Waals surface area contributed by atoms with Gasteiger partial charge in [-0.15, -0.1) is 0 Å². The molecule has 2 aromatic carbocycles. The Kier molecular flexibility index (Phi) is 7.15. The Morgan fingerprint density at radius 2 is 1.91 bits per heavy atom. The highest BCUT2D eigenvalue weighted by Crippen LogP contribution is 2.25. The van der Waals surface area contributed by atoms with Gasteiger partial charge in [0.05, 0.1) is 5.56 Å². The van der Waals surface area contributed by atoms with Crippen molar-refractivity contribution in [2.24, 2.45) is 0 Å². The number of hydrogen-bond acceptors (Lipinski definition) is 7. The van der Waals surface area contributed by atoms with Crippen molar-refractivity contribution in [3.63, 3.8) is 0 Å². The van der Waals surface area contributed by atoms with Crippen LogP contribution in [0.4, 0.5) is 5.69 Å². The van der Waals surface area contributed by atoms with Crippen molar-refractivity contribution >= 4 is 22.4 Å². The number of fused-ring (bicyclic) bond motifs is 1. The van der Waals surface area contributed by atoms with Crippen molar-refractivity contribution in [1.82, 2.24) is 14.9 Å². The summed E-state index contributed by atoms with van der Waals surface area (Å²) in [6.07, 6.45) is 7.95. The quantitative estimate of drug-likeness (QED) is 0.285. The molecule has 35 heavy (non-hydrogen) atoms. The predicted molar refractivity (Wildman–Crippen MR) is 136 cm³/mol. The second kappa shape index (κ2) is 11.0. The SMILES string of the molecule is O=C(OCCOc1cccc(CN2CCC(Nc3cccc4cnccc34)C2)c1)c1cccnc1. The smallest absolute Gasteiger partial charge is 0.339 e. The van der Waals surface area contributed by atoms with Crippen molar-refractivity contribution in [3.8, 4) is 5.75 Å². The average Bonchev–Trinajstić information content (AvgIpc) is 3.34. The standard InChI is InChI=1S/C28H28N4O3/c33-28(23-6-3-11-29-18-23)35-15-14-34-25-7-1-4-21(16-25)19-32-13-10-24(20-32)31-27-8-2-5-22-17-30-12-9-26(22)27/h1-9,11-12,16-18,24,31H,10,13-15,19-20H2. The molecule has 7 heteroatoms. The number of nitrogens with zero attached hydrogens (tertiary/aromatic N) is 3. The van der Waals surface area contributed by atoms with Crippen LogP contribution in [0.25, 0.3) is 10.8 Å². The molecule has 1 fully saturated rings. The summed E-state index contributed by atoms with van der Waals surface area (Å²) in [6.45, 7) is 3.37. The molecule has 0 amide bonds. The van der Waals surface area contributed by atoms with Gasteiger partial charge < -0.3 is 14.8 Å². The highest BCUT2D eigenvalue weighted by atomic mass is 16.6. The van der Waals surface area contributed by atoms with Gasteiger partial charge in [-0.3, -0.25) is 14.9 Å². The normalized spacial score (nSPS) is 15.7. The lowest BCUT2D eigenvalue weighted by molar-refractivity contribution is 0.0450. The van der Waals surface area contributed by atoms with Crippen LogP contribution < -0.4 is 10.1 Å². The molecule has 0 radical (unpaired) electrons. The molecule has 1 N–H and O–H groups in total. The number of aromatic nitrogens is 2. The van der Waals surface area contributed by atoms with E-state index in [0.29, 0.717) is 18.2 Å². The molecule has 0 spiro atoms. The Hall–Kier alpha value is -3.97. The minimum atomic E-state index is -0.396. The summed E-state index contributed by atoms with van der Waals surface area (Å²) in [4.78, 5) is 22.6. The summed E-state index contributed by atoms with van der Waals surface area (Å²) in [5, 5.41) is 6.08. The fraction of sp³-hybridized carbons (Fsp3) is 0.250. The van der Waals surface area contributed by atoms with Gasteiger partial charge >= 0.3 is 5.97 Å². The van der Waals surface area contributed by atoms with Crippen molar-refractivity contribution in [2.45, 2.75) is 19.0 Å². The molecule has 1 unspecified atom stereocenters. The first kappa shape index (κ1) is 22.8. The lowest BCUT2D eigenvalue weighted by Gasteiger charge is -2.19. The molecule has 0 saturated carbocycles. The highest BCUT2D eigenvalue weighted by Gasteiger charge is 2.23. The molecule has 0 aliphatic carbocycles. The fourth-order valence-corrected chi connectivity index (χ4v) is 4.41. The van der Waals surface area contributed by atoms with Gasteiger partial charge in [0.2, 0.25) is 0 Å². The van der Waals surface area contributed by atoms with Gasteiger partial charge in [-0.1, -0.05) is 24.3 Å². The number of pyridine rings is 2. The van der Waals surface area contributed by atoms with Gasteiger partial charge in [0.1, 0.15) is 19.0 Å². The summed E-state index contributed by atoms with van der Waals surface area (Å²) in [6, 6.07) is 20.3. The first-order valence-corrected chi connectivity index (χ1v) is 11.9. The van der Waals surface area contributed by atoms with Crippen LogP contribution in [0, 0.1) is 0 Å². The third-order valence-corrected chi connectivity index (χ3v) is 6.10. The zero-order chi connectivity index (χ0) is 23.9. The molecule has 1 saturated heterocycles. The minimum Gasteiger partial charge on any atom is -0.490 e. The van der Waals surface area contributed by atoms with Crippen LogP contribution in [-0.4, -0.2) is 53.2 Å². The first-order chi connectivity index (χ1) is 17.2. The molecular weight excluding hydrogens is 440 g/mol. The van der Waals surface area contributed by atoms with Crippen LogP contribution >= 0.6 is 0 Å². The number of benzene rings is 2. The molecule has 4 aromatic rings. The molecule has 0 bridgehead atoms. The zero-order valence-corrected chi connectivity index (χ0v) is 19.5. The Labute approximate surface area is 204 Å². The fourth-order valence-electron chi connectivity index (χ4n) is 4.41. The van der Waals surface area contributed by atoms with E-state index in [1.54, 1.807) is 18.3 Å². The number of likely N-dealkylation sites (tertiary alicyclic amines) is 1. The second-order valence-electron chi connectivity index (χ2n) is 8.64. The van der Waals surface area contributed by atoms with E-state index in [1.807, 2.05) is 24.5 Å². The van der Waals surface area contributed by atoms with Crippen molar-refractivity contribution < 1.29 is 14.3 Å². The lowest BCUT2D eigenvalue weighted by Crippen LogP contribution is -2.26. The summed E-state index contributed by atoms with van der Waals surface area (Å²) < 4.78 is 11.1. The van der Waals surface area contributed by atoms with Crippen molar-refractivity contribution in [3.05, 3.63) is 96.6 Å². The number of ether oxygens (including phenoxy) is 2. The summed E-state index contributed by atoms with van der Waals surface area (Å²) in [5.74, 6) is 0.381. The van der Waals surface area contributed by atoms with Crippen LogP contribution in [0.5, 0.6) is 5.75 Å². The number of esters is 1. The Balaban J connectivity index is 1.09.